The standard InChI is InChI=1S/C23H28N6O3/c1-15-13-28(14-16(2)32-15)22(30)17-5-9-24-20(12-17)27-10-6-18(7-11-27)29-19-4-3-8-25-21(19)26-23(29)31/h3-5,8-9,12,15-16,18H,6-7,10-11,13-14H2,1-2H3,(H,25,26,31)/t15-,16+. The highest BCUT2D eigenvalue weighted by molar-refractivity contribution is 5.95. The molecule has 0 bridgehead atoms. The van der Waals surface area contributed by atoms with Crippen LogP contribution in [0.25, 0.3) is 11.2 Å². The van der Waals surface area contributed by atoms with E-state index in [2.05, 4.69) is 19.9 Å². The van der Waals surface area contributed by atoms with Gasteiger partial charge in [0, 0.05) is 50.2 Å². The summed E-state index contributed by atoms with van der Waals surface area (Å²) in [5.74, 6) is 0.819. The lowest BCUT2D eigenvalue weighted by Gasteiger charge is -2.36. The van der Waals surface area contributed by atoms with Crippen LogP contribution in [0.4, 0.5) is 5.82 Å². The number of nitrogens with zero attached hydrogens (tertiary/aromatic N) is 5. The Morgan fingerprint density at radius 1 is 1.09 bits per heavy atom. The van der Waals surface area contributed by atoms with Crippen LogP contribution >= 0.6 is 0 Å². The van der Waals surface area contributed by atoms with Crippen LogP contribution in [0, 0.1) is 0 Å². The molecule has 9 nitrogen and oxygen atoms in total. The van der Waals surface area contributed by atoms with Crippen molar-refractivity contribution in [2.75, 3.05) is 31.1 Å². The fraction of sp³-hybridized carbons (Fsp3) is 0.478. The molecule has 0 unspecified atom stereocenters. The number of aromatic nitrogens is 4. The summed E-state index contributed by atoms with van der Waals surface area (Å²) in [4.78, 5) is 41.2. The van der Waals surface area contributed by atoms with Gasteiger partial charge in [0.05, 0.1) is 17.7 Å². The molecule has 5 rings (SSSR count). The Hall–Kier alpha value is -3.20. The van der Waals surface area contributed by atoms with Gasteiger partial charge in [0.1, 0.15) is 5.82 Å². The highest BCUT2D eigenvalue weighted by Crippen LogP contribution is 2.27. The molecule has 2 saturated heterocycles. The number of nitrogens with one attached hydrogen (secondary N) is 1. The molecular weight excluding hydrogens is 408 g/mol. The van der Waals surface area contributed by atoms with Crippen molar-refractivity contribution in [3.05, 3.63) is 52.7 Å². The van der Waals surface area contributed by atoms with Gasteiger partial charge in [0.15, 0.2) is 5.65 Å². The number of piperidine rings is 1. The Morgan fingerprint density at radius 2 is 1.84 bits per heavy atom. The van der Waals surface area contributed by atoms with E-state index in [0.717, 1.165) is 37.3 Å². The summed E-state index contributed by atoms with van der Waals surface area (Å²) in [6.07, 6.45) is 5.10. The molecule has 0 saturated carbocycles. The number of fused-ring (bicyclic) bond motifs is 1. The second-order valence-corrected chi connectivity index (χ2v) is 8.76. The maximum absolute atomic E-state index is 13.1. The molecule has 2 fully saturated rings. The molecule has 0 spiro atoms. The molecule has 3 aromatic heterocycles. The van der Waals surface area contributed by atoms with Crippen molar-refractivity contribution < 1.29 is 9.53 Å². The first-order valence-electron chi connectivity index (χ1n) is 11.2. The van der Waals surface area contributed by atoms with Crippen LogP contribution in [-0.2, 0) is 4.74 Å². The molecule has 168 valence electrons. The number of carbonyl (C=O) groups excluding carboxylic acids is 1. The number of pyridine rings is 2. The van der Waals surface area contributed by atoms with Gasteiger partial charge < -0.3 is 14.5 Å². The number of hydrogen-bond donors (Lipinski definition) is 1. The highest BCUT2D eigenvalue weighted by Gasteiger charge is 2.28. The molecule has 2 atom stereocenters. The number of rotatable bonds is 3. The number of H-pyrrole nitrogens is 1. The van der Waals surface area contributed by atoms with Gasteiger partial charge in [-0.3, -0.25) is 14.3 Å². The molecule has 5 heterocycles. The molecule has 1 amide bonds. The van der Waals surface area contributed by atoms with E-state index in [1.54, 1.807) is 18.5 Å². The van der Waals surface area contributed by atoms with E-state index < -0.39 is 0 Å². The topological polar surface area (TPSA) is 96.4 Å². The zero-order valence-electron chi connectivity index (χ0n) is 18.4. The Bertz CT molecular complexity index is 1170. The van der Waals surface area contributed by atoms with Crippen molar-refractivity contribution in [2.24, 2.45) is 0 Å². The lowest BCUT2D eigenvalue weighted by Crippen LogP contribution is -2.48. The van der Waals surface area contributed by atoms with Crippen molar-refractivity contribution in [2.45, 2.75) is 44.9 Å². The second kappa shape index (κ2) is 8.38. The predicted molar refractivity (Wildman–Crippen MR) is 121 cm³/mol. The summed E-state index contributed by atoms with van der Waals surface area (Å²) in [6.45, 7) is 6.71. The van der Waals surface area contributed by atoms with Gasteiger partial charge in [0.25, 0.3) is 5.91 Å². The predicted octanol–water partition coefficient (Wildman–Crippen LogP) is 2.21. The van der Waals surface area contributed by atoms with Crippen LogP contribution in [0.5, 0.6) is 0 Å². The normalized spacial score (nSPS) is 22.4. The first-order chi connectivity index (χ1) is 15.5. The Morgan fingerprint density at radius 3 is 2.59 bits per heavy atom. The van der Waals surface area contributed by atoms with Crippen molar-refractivity contribution in [1.29, 1.82) is 0 Å². The molecule has 2 aliphatic heterocycles. The third kappa shape index (κ3) is 3.88. The Kier molecular flexibility index (Phi) is 5.42. The second-order valence-electron chi connectivity index (χ2n) is 8.76. The van der Waals surface area contributed by atoms with Crippen LogP contribution in [-0.4, -0.2) is 68.7 Å². The van der Waals surface area contributed by atoms with Crippen LogP contribution in [0.2, 0.25) is 0 Å². The lowest BCUT2D eigenvalue weighted by molar-refractivity contribution is -0.0586. The molecule has 32 heavy (non-hydrogen) atoms. The van der Waals surface area contributed by atoms with E-state index >= 15 is 0 Å². The first-order valence-corrected chi connectivity index (χ1v) is 11.2. The van der Waals surface area contributed by atoms with Gasteiger partial charge in [-0.05, 0) is 51.0 Å². The van der Waals surface area contributed by atoms with E-state index in [-0.39, 0.29) is 29.8 Å². The van der Waals surface area contributed by atoms with Gasteiger partial charge in [-0.1, -0.05) is 0 Å². The van der Waals surface area contributed by atoms with E-state index in [1.807, 2.05) is 41.5 Å². The van der Waals surface area contributed by atoms with E-state index in [4.69, 9.17) is 4.74 Å². The number of morpholine rings is 1. The van der Waals surface area contributed by atoms with E-state index in [9.17, 15) is 9.59 Å². The number of imidazole rings is 1. The molecule has 0 aromatic carbocycles. The average Bonchev–Trinajstić information content (AvgIpc) is 3.14. The third-order valence-corrected chi connectivity index (χ3v) is 6.34. The smallest absolute Gasteiger partial charge is 0.327 e. The van der Waals surface area contributed by atoms with Crippen LogP contribution in [0.1, 0.15) is 43.1 Å². The van der Waals surface area contributed by atoms with Crippen molar-refractivity contribution >= 4 is 22.9 Å². The van der Waals surface area contributed by atoms with Crippen molar-refractivity contribution in [3.8, 4) is 0 Å². The first kappa shape index (κ1) is 20.7. The van der Waals surface area contributed by atoms with Gasteiger partial charge in [-0.15, -0.1) is 0 Å². The summed E-state index contributed by atoms with van der Waals surface area (Å²) in [5.41, 5.74) is 2.00. The summed E-state index contributed by atoms with van der Waals surface area (Å²) in [7, 11) is 0. The number of hydrogen-bond acceptors (Lipinski definition) is 6. The zero-order chi connectivity index (χ0) is 22.2. The van der Waals surface area contributed by atoms with Crippen molar-refractivity contribution in [1.82, 2.24) is 24.4 Å². The summed E-state index contributed by atoms with van der Waals surface area (Å²) < 4.78 is 7.58. The third-order valence-electron chi connectivity index (χ3n) is 6.34. The van der Waals surface area contributed by atoms with E-state index in [1.165, 1.54) is 0 Å². The average molecular weight is 437 g/mol. The monoisotopic (exact) mass is 436 g/mol. The van der Waals surface area contributed by atoms with Crippen LogP contribution in [0.15, 0.2) is 41.5 Å². The summed E-state index contributed by atoms with van der Waals surface area (Å²) >= 11 is 0. The van der Waals surface area contributed by atoms with Gasteiger partial charge in [-0.25, -0.2) is 14.8 Å². The number of carbonyl (C=O) groups is 1. The maximum Gasteiger partial charge on any atom is 0.327 e. The summed E-state index contributed by atoms with van der Waals surface area (Å²) in [5, 5.41) is 0. The van der Waals surface area contributed by atoms with Crippen LogP contribution < -0.4 is 10.6 Å². The van der Waals surface area contributed by atoms with Gasteiger partial charge in [-0.2, -0.15) is 0 Å². The quantitative estimate of drug-likeness (QED) is 0.676. The minimum absolute atomic E-state index is 0.0170. The fourth-order valence-electron chi connectivity index (χ4n) is 4.92. The zero-order valence-corrected chi connectivity index (χ0v) is 18.4. The molecule has 3 aromatic rings. The van der Waals surface area contributed by atoms with Gasteiger partial charge in [0.2, 0.25) is 0 Å². The fourth-order valence-corrected chi connectivity index (χ4v) is 4.92. The molecule has 2 aliphatic rings. The summed E-state index contributed by atoms with van der Waals surface area (Å²) in [6, 6.07) is 7.55. The molecule has 0 radical (unpaired) electrons. The number of amides is 1. The lowest BCUT2D eigenvalue weighted by atomic mass is 10.0. The minimum atomic E-state index is -0.114. The Labute approximate surface area is 186 Å². The largest absolute Gasteiger partial charge is 0.372 e. The maximum atomic E-state index is 13.1. The SMILES string of the molecule is C[C@@H]1CN(C(=O)c2ccnc(N3CCC(n4c(=O)[nH]c5ncccc54)CC3)c2)C[C@H](C)O1. The van der Waals surface area contributed by atoms with Crippen molar-refractivity contribution in [3.63, 3.8) is 0 Å². The minimum Gasteiger partial charge on any atom is -0.372 e. The van der Waals surface area contributed by atoms with E-state index in [0.29, 0.717) is 24.3 Å². The highest BCUT2D eigenvalue weighted by atomic mass is 16.5. The molecule has 0 aliphatic carbocycles. The number of aromatic amines is 1. The number of anilines is 1. The Balaban J connectivity index is 1.29. The van der Waals surface area contributed by atoms with Crippen LogP contribution in [0.3, 0.4) is 0 Å². The molecular formula is C23H28N6O3. The molecule has 9 heteroatoms. The van der Waals surface area contributed by atoms with Gasteiger partial charge >= 0.3 is 5.69 Å². The molecule has 1 N–H and O–H groups in total. The number of ether oxygens (including phenoxy) is 1.